The minimum Gasteiger partial charge on any atom is -0.398 e. The van der Waals surface area contributed by atoms with E-state index in [1.165, 1.54) is 28.7 Å². The molecule has 0 bridgehead atoms. The van der Waals surface area contributed by atoms with Gasteiger partial charge in [0.25, 0.3) is 0 Å². The Hall–Kier alpha value is -2.02. The summed E-state index contributed by atoms with van der Waals surface area (Å²) in [7, 11) is 0. The first-order chi connectivity index (χ1) is 10.5. The van der Waals surface area contributed by atoms with Gasteiger partial charge in [-0.2, -0.15) is 0 Å². The van der Waals surface area contributed by atoms with Crippen molar-refractivity contribution in [3.63, 3.8) is 0 Å². The molecule has 22 heavy (non-hydrogen) atoms. The third kappa shape index (κ3) is 2.81. The summed E-state index contributed by atoms with van der Waals surface area (Å²) in [4.78, 5) is 0. The van der Waals surface area contributed by atoms with Gasteiger partial charge in [-0.3, -0.25) is 0 Å². The zero-order valence-corrected chi connectivity index (χ0v) is 13.8. The van der Waals surface area contributed by atoms with Gasteiger partial charge in [0.05, 0.1) is 0 Å². The predicted molar refractivity (Wildman–Crippen MR) is 96.3 cm³/mol. The molecule has 1 aliphatic carbocycles. The van der Waals surface area contributed by atoms with Gasteiger partial charge in [-0.15, -0.1) is 0 Å². The molecular weight excluding hydrogens is 266 g/mol. The molecule has 0 saturated heterocycles. The number of allylic oxidation sites excluding steroid dienone is 2. The molecule has 1 unspecified atom stereocenters. The van der Waals surface area contributed by atoms with Gasteiger partial charge in [-0.25, -0.2) is 0 Å². The van der Waals surface area contributed by atoms with Crippen LogP contribution in [0.15, 0.2) is 54.6 Å². The lowest BCUT2D eigenvalue weighted by Gasteiger charge is -2.38. The van der Waals surface area contributed by atoms with Crippen LogP contribution in [0.25, 0.3) is 11.1 Å². The summed E-state index contributed by atoms with van der Waals surface area (Å²) < 4.78 is 0. The molecule has 0 amide bonds. The van der Waals surface area contributed by atoms with E-state index in [1.807, 2.05) is 12.1 Å². The van der Waals surface area contributed by atoms with Gasteiger partial charge in [0.2, 0.25) is 0 Å². The van der Waals surface area contributed by atoms with Crippen molar-refractivity contribution in [2.24, 2.45) is 11.3 Å². The summed E-state index contributed by atoms with van der Waals surface area (Å²) in [6.07, 6.45) is 2.29. The van der Waals surface area contributed by atoms with Crippen LogP contribution < -0.4 is 5.73 Å². The average Bonchev–Trinajstić information content (AvgIpc) is 2.47. The first kappa shape index (κ1) is 14.9. The van der Waals surface area contributed by atoms with E-state index in [9.17, 15) is 0 Å². The average molecular weight is 291 g/mol. The fourth-order valence-electron chi connectivity index (χ4n) is 3.96. The van der Waals surface area contributed by atoms with E-state index in [-0.39, 0.29) is 0 Å². The SMILES string of the molecule is CC1CC(C)(C)CC(c2ccccc2N)=C1c1ccccc1. The molecule has 2 aromatic carbocycles. The van der Waals surface area contributed by atoms with Crippen molar-refractivity contribution < 1.29 is 0 Å². The Labute approximate surface area is 133 Å². The first-order valence-corrected chi connectivity index (χ1v) is 8.11. The Balaban J connectivity index is 2.23. The van der Waals surface area contributed by atoms with Crippen molar-refractivity contribution in [2.45, 2.75) is 33.6 Å². The summed E-state index contributed by atoms with van der Waals surface area (Å²) in [6.45, 7) is 7.08. The maximum atomic E-state index is 6.29. The second-order valence-electron chi connectivity index (χ2n) is 7.29. The highest BCUT2D eigenvalue weighted by atomic mass is 14.6. The summed E-state index contributed by atoms with van der Waals surface area (Å²) in [5.41, 5.74) is 12.9. The number of anilines is 1. The van der Waals surface area contributed by atoms with Crippen molar-refractivity contribution in [3.05, 3.63) is 65.7 Å². The van der Waals surface area contributed by atoms with Crippen molar-refractivity contribution in [2.75, 3.05) is 5.73 Å². The predicted octanol–water partition coefficient (Wildman–Crippen LogP) is 5.64. The van der Waals surface area contributed by atoms with Crippen molar-refractivity contribution >= 4 is 16.8 Å². The molecule has 2 N–H and O–H groups in total. The maximum Gasteiger partial charge on any atom is 0.0390 e. The number of benzene rings is 2. The van der Waals surface area contributed by atoms with E-state index in [4.69, 9.17) is 5.73 Å². The molecule has 1 atom stereocenters. The van der Waals surface area contributed by atoms with Gasteiger partial charge in [0.15, 0.2) is 0 Å². The summed E-state index contributed by atoms with van der Waals surface area (Å²) in [6, 6.07) is 19.1. The van der Waals surface area contributed by atoms with E-state index >= 15 is 0 Å². The Kier molecular flexibility index (Phi) is 3.82. The second-order valence-corrected chi connectivity index (χ2v) is 7.29. The lowest BCUT2D eigenvalue weighted by atomic mass is 9.67. The fourth-order valence-corrected chi connectivity index (χ4v) is 3.96. The van der Waals surface area contributed by atoms with Crippen LogP contribution in [0.5, 0.6) is 0 Å². The lowest BCUT2D eigenvalue weighted by molar-refractivity contribution is 0.302. The standard InChI is InChI=1S/C21H25N/c1-15-13-21(2,3)14-18(17-11-7-8-12-19(17)22)20(15)16-9-5-4-6-10-16/h4-12,15H,13-14,22H2,1-3H3. The summed E-state index contributed by atoms with van der Waals surface area (Å²) >= 11 is 0. The Bertz CT molecular complexity index is 695. The molecule has 0 heterocycles. The number of hydrogen-bond donors (Lipinski definition) is 1. The molecule has 0 aliphatic heterocycles. The molecule has 0 saturated carbocycles. The molecule has 0 fully saturated rings. The van der Waals surface area contributed by atoms with E-state index in [0.29, 0.717) is 11.3 Å². The number of hydrogen-bond acceptors (Lipinski definition) is 1. The molecule has 1 aliphatic rings. The largest absolute Gasteiger partial charge is 0.398 e. The van der Waals surface area contributed by atoms with Gasteiger partial charge in [-0.1, -0.05) is 69.3 Å². The third-order valence-electron chi connectivity index (χ3n) is 4.70. The Morgan fingerprint density at radius 2 is 1.59 bits per heavy atom. The summed E-state index contributed by atoms with van der Waals surface area (Å²) in [5.74, 6) is 0.542. The highest BCUT2D eigenvalue weighted by molar-refractivity contribution is 5.95. The highest BCUT2D eigenvalue weighted by Crippen LogP contribution is 2.49. The van der Waals surface area contributed by atoms with Gasteiger partial charge in [-0.05, 0) is 47.0 Å². The van der Waals surface area contributed by atoms with Crippen LogP contribution in [0, 0.1) is 11.3 Å². The van der Waals surface area contributed by atoms with Crippen LogP contribution >= 0.6 is 0 Å². The van der Waals surface area contributed by atoms with Crippen molar-refractivity contribution in [3.8, 4) is 0 Å². The minimum atomic E-state index is 0.315. The fraction of sp³-hybridized carbons (Fsp3) is 0.333. The normalized spacial score (nSPS) is 21.0. The third-order valence-corrected chi connectivity index (χ3v) is 4.70. The number of nitrogen functional groups attached to an aromatic ring is 1. The molecule has 0 spiro atoms. The molecule has 1 nitrogen and oxygen atoms in total. The maximum absolute atomic E-state index is 6.29. The molecule has 1 heteroatoms. The van der Waals surface area contributed by atoms with Crippen molar-refractivity contribution in [1.29, 1.82) is 0 Å². The Morgan fingerprint density at radius 3 is 2.27 bits per heavy atom. The van der Waals surface area contributed by atoms with Gasteiger partial charge in [0, 0.05) is 11.3 Å². The highest BCUT2D eigenvalue weighted by Gasteiger charge is 2.33. The van der Waals surface area contributed by atoms with Gasteiger partial charge < -0.3 is 5.73 Å². The van der Waals surface area contributed by atoms with Gasteiger partial charge >= 0.3 is 0 Å². The number of nitrogens with two attached hydrogens (primary N) is 1. The van der Waals surface area contributed by atoms with Crippen LogP contribution in [0.1, 0.15) is 44.7 Å². The molecule has 0 aromatic heterocycles. The Morgan fingerprint density at radius 1 is 0.955 bits per heavy atom. The number of para-hydroxylation sites is 1. The number of rotatable bonds is 2. The van der Waals surface area contributed by atoms with Crippen LogP contribution in [0.2, 0.25) is 0 Å². The van der Waals surface area contributed by atoms with E-state index in [1.54, 1.807) is 0 Å². The smallest absolute Gasteiger partial charge is 0.0390 e. The van der Waals surface area contributed by atoms with Crippen molar-refractivity contribution in [1.82, 2.24) is 0 Å². The summed E-state index contributed by atoms with van der Waals surface area (Å²) in [5, 5.41) is 0. The minimum absolute atomic E-state index is 0.315. The zero-order chi connectivity index (χ0) is 15.7. The van der Waals surface area contributed by atoms with E-state index in [0.717, 1.165) is 12.1 Å². The lowest BCUT2D eigenvalue weighted by Crippen LogP contribution is -2.23. The first-order valence-electron chi connectivity index (χ1n) is 8.11. The zero-order valence-electron chi connectivity index (χ0n) is 13.8. The second kappa shape index (κ2) is 5.64. The molecule has 3 rings (SSSR count). The van der Waals surface area contributed by atoms with E-state index in [2.05, 4.69) is 63.2 Å². The molecule has 2 aromatic rings. The topological polar surface area (TPSA) is 26.0 Å². The molecule has 114 valence electrons. The monoisotopic (exact) mass is 291 g/mol. The van der Waals surface area contributed by atoms with Crippen LogP contribution in [0.3, 0.4) is 0 Å². The molecule has 0 radical (unpaired) electrons. The quantitative estimate of drug-likeness (QED) is 0.712. The van der Waals surface area contributed by atoms with Gasteiger partial charge in [0.1, 0.15) is 0 Å². The van der Waals surface area contributed by atoms with Crippen LogP contribution in [-0.2, 0) is 0 Å². The van der Waals surface area contributed by atoms with E-state index < -0.39 is 0 Å². The van der Waals surface area contributed by atoms with Crippen LogP contribution in [0.4, 0.5) is 5.69 Å². The molecular formula is C21H25N. The van der Waals surface area contributed by atoms with Crippen LogP contribution in [-0.4, -0.2) is 0 Å².